The summed E-state index contributed by atoms with van der Waals surface area (Å²) < 4.78 is 21.9. The molecule has 0 fully saturated rings. The molecule has 1 aromatic carbocycles. The van der Waals surface area contributed by atoms with E-state index < -0.39 is 8.27 Å². The molecule has 0 aliphatic rings. The van der Waals surface area contributed by atoms with E-state index in [1.54, 1.807) is 12.1 Å². The second-order valence-corrected chi connectivity index (χ2v) is 6.34. The number of hydrogen-bond acceptors (Lipinski definition) is 2. The molecule has 0 unspecified atom stereocenters. The lowest BCUT2D eigenvalue weighted by Gasteiger charge is -1.97. The summed E-state index contributed by atoms with van der Waals surface area (Å²) in [5, 5.41) is 0. The van der Waals surface area contributed by atoms with Crippen molar-refractivity contribution in [2.45, 2.75) is 18.2 Å². The van der Waals surface area contributed by atoms with Gasteiger partial charge in [0.15, 0.2) is 0 Å². The highest BCUT2D eigenvalue weighted by atomic mass is 79.9. The first-order valence-electron chi connectivity index (χ1n) is 3.57. The minimum Gasteiger partial charge on any atom is -0.212 e. The summed E-state index contributed by atoms with van der Waals surface area (Å²) in [5.74, 6) is 0. The van der Waals surface area contributed by atoms with Crippen molar-refractivity contribution < 1.29 is 8.42 Å². The van der Waals surface area contributed by atoms with E-state index in [9.17, 15) is 8.42 Å². The average molecular weight is 249 g/mol. The summed E-state index contributed by atoms with van der Waals surface area (Å²) in [6, 6.07) is 6.83. The fourth-order valence-electron chi connectivity index (χ4n) is 0.888. The quantitative estimate of drug-likeness (QED) is 0.754. The Morgan fingerprint density at radius 3 is 2.08 bits per heavy atom. The Balaban J connectivity index is 3.09. The third-order valence-electron chi connectivity index (χ3n) is 1.61. The van der Waals surface area contributed by atoms with Crippen LogP contribution < -0.4 is 0 Å². The first-order chi connectivity index (χ1) is 5.54. The van der Waals surface area contributed by atoms with Crippen LogP contribution in [0.15, 0.2) is 29.2 Å². The molecular weight excluding hydrogens is 240 g/mol. The summed E-state index contributed by atoms with van der Waals surface area (Å²) in [7, 11) is -3.22. The molecule has 0 saturated heterocycles. The van der Waals surface area contributed by atoms with Crippen LogP contribution in [0.3, 0.4) is 0 Å². The molecule has 0 aromatic heterocycles. The van der Waals surface area contributed by atoms with Gasteiger partial charge in [0.25, 0.3) is 0 Å². The van der Waals surface area contributed by atoms with E-state index in [1.165, 1.54) is 0 Å². The largest absolute Gasteiger partial charge is 0.237 e. The van der Waals surface area contributed by atoms with Crippen molar-refractivity contribution >= 4 is 23.1 Å². The molecule has 0 amide bonds. The lowest BCUT2D eigenvalue weighted by molar-refractivity contribution is 0.611. The van der Waals surface area contributed by atoms with Crippen molar-refractivity contribution in [3.05, 3.63) is 29.8 Å². The molecule has 66 valence electrons. The van der Waals surface area contributed by atoms with Crippen LogP contribution in [0.25, 0.3) is 0 Å². The van der Waals surface area contributed by atoms with Crippen molar-refractivity contribution in [2.24, 2.45) is 0 Å². The van der Waals surface area contributed by atoms with E-state index in [-0.39, 0.29) is 0 Å². The maximum absolute atomic E-state index is 10.9. The van der Waals surface area contributed by atoms with Gasteiger partial charge in [-0.25, -0.2) is 8.42 Å². The fraction of sp³-hybridized carbons (Fsp3) is 0.250. The molecule has 12 heavy (non-hydrogen) atoms. The molecular formula is C8H9BrO2S. The number of aryl methyl sites for hydroxylation is 1. The van der Waals surface area contributed by atoms with E-state index in [0.29, 0.717) is 4.90 Å². The molecule has 4 heteroatoms. The predicted octanol–water partition coefficient (Wildman–Crippen LogP) is 2.33. The zero-order valence-electron chi connectivity index (χ0n) is 6.62. The molecule has 0 atom stereocenters. The lowest BCUT2D eigenvalue weighted by atomic mass is 10.2. The van der Waals surface area contributed by atoms with E-state index >= 15 is 0 Å². The van der Waals surface area contributed by atoms with Crippen molar-refractivity contribution in [3.63, 3.8) is 0 Å². The highest BCUT2D eigenvalue weighted by molar-refractivity contribution is 9.47. The molecule has 0 N–H and O–H groups in total. The van der Waals surface area contributed by atoms with Gasteiger partial charge in [0.1, 0.15) is 0 Å². The Morgan fingerprint density at radius 2 is 1.75 bits per heavy atom. The van der Waals surface area contributed by atoms with Gasteiger partial charge in [-0.05, 0) is 24.1 Å². The number of halogens is 1. The summed E-state index contributed by atoms with van der Waals surface area (Å²) in [4.78, 5) is 0.305. The van der Waals surface area contributed by atoms with Crippen LogP contribution in [0, 0.1) is 0 Å². The van der Waals surface area contributed by atoms with Crippen LogP contribution in [0.5, 0.6) is 0 Å². The molecule has 1 aromatic rings. The Labute approximate surface area is 79.7 Å². The predicted molar refractivity (Wildman–Crippen MR) is 51.9 cm³/mol. The van der Waals surface area contributed by atoms with Crippen LogP contribution in [-0.2, 0) is 14.7 Å². The van der Waals surface area contributed by atoms with Gasteiger partial charge in [-0.15, -0.1) is 0 Å². The Bertz CT molecular complexity index is 353. The van der Waals surface area contributed by atoms with Gasteiger partial charge < -0.3 is 0 Å². The fourth-order valence-corrected chi connectivity index (χ4v) is 2.00. The molecule has 0 spiro atoms. The molecule has 0 heterocycles. The number of benzene rings is 1. The molecule has 0 saturated carbocycles. The second-order valence-electron chi connectivity index (χ2n) is 2.44. The topological polar surface area (TPSA) is 34.1 Å². The lowest BCUT2D eigenvalue weighted by Crippen LogP contribution is -1.89. The van der Waals surface area contributed by atoms with Crippen molar-refractivity contribution in [2.75, 3.05) is 0 Å². The zero-order valence-corrected chi connectivity index (χ0v) is 9.02. The molecule has 0 radical (unpaired) electrons. The summed E-state index contributed by atoms with van der Waals surface area (Å²) in [6.07, 6.45) is 0.919. The minimum atomic E-state index is -3.22. The van der Waals surface area contributed by atoms with Gasteiger partial charge in [-0.2, -0.15) is 0 Å². The van der Waals surface area contributed by atoms with Crippen molar-refractivity contribution in [1.29, 1.82) is 0 Å². The van der Waals surface area contributed by atoms with E-state index in [0.717, 1.165) is 12.0 Å². The number of rotatable bonds is 2. The summed E-state index contributed by atoms with van der Waals surface area (Å²) in [6.45, 7) is 2.03. The van der Waals surface area contributed by atoms with Crippen molar-refractivity contribution in [1.82, 2.24) is 0 Å². The van der Waals surface area contributed by atoms with E-state index in [4.69, 9.17) is 0 Å². The highest BCUT2D eigenvalue weighted by Crippen LogP contribution is 2.16. The molecule has 2 nitrogen and oxygen atoms in total. The van der Waals surface area contributed by atoms with Crippen LogP contribution in [0.4, 0.5) is 0 Å². The first kappa shape index (κ1) is 9.74. The van der Waals surface area contributed by atoms with Gasteiger partial charge in [0.05, 0.1) is 19.7 Å². The monoisotopic (exact) mass is 248 g/mol. The first-order valence-corrected chi connectivity index (χ1v) is 6.90. The van der Waals surface area contributed by atoms with Crippen LogP contribution >= 0.6 is 14.8 Å². The van der Waals surface area contributed by atoms with Crippen LogP contribution in [0.2, 0.25) is 0 Å². The van der Waals surface area contributed by atoms with Crippen LogP contribution in [-0.4, -0.2) is 8.42 Å². The van der Waals surface area contributed by atoms with Gasteiger partial charge in [-0.3, -0.25) is 0 Å². The maximum Gasteiger partial charge on any atom is 0.237 e. The van der Waals surface area contributed by atoms with Gasteiger partial charge in [0, 0.05) is 0 Å². The summed E-state index contributed by atoms with van der Waals surface area (Å²) in [5.41, 5.74) is 1.13. The van der Waals surface area contributed by atoms with Gasteiger partial charge >= 0.3 is 0 Å². The van der Waals surface area contributed by atoms with Gasteiger partial charge in [-0.1, -0.05) is 19.1 Å². The Morgan fingerprint density at radius 1 is 1.25 bits per heavy atom. The molecule has 0 bridgehead atoms. The van der Waals surface area contributed by atoms with E-state index in [1.807, 2.05) is 19.1 Å². The smallest absolute Gasteiger partial charge is 0.212 e. The maximum atomic E-state index is 10.9. The Kier molecular flexibility index (Phi) is 2.90. The average Bonchev–Trinajstić information content (AvgIpc) is 2.03. The molecule has 0 aliphatic heterocycles. The van der Waals surface area contributed by atoms with Crippen molar-refractivity contribution in [3.8, 4) is 0 Å². The zero-order chi connectivity index (χ0) is 9.19. The Hall–Kier alpha value is -0.350. The SMILES string of the molecule is CCc1ccc(S(=O)(=O)Br)cc1. The normalized spacial score (nSPS) is 11.5. The third-order valence-corrected chi connectivity index (χ3v) is 3.57. The second kappa shape index (κ2) is 3.58. The van der Waals surface area contributed by atoms with Gasteiger partial charge in [0.2, 0.25) is 8.27 Å². The third kappa shape index (κ3) is 2.32. The highest BCUT2D eigenvalue weighted by Gasteiger charge is 2.07. The summed E-state index contributed by atoms with van der Waals surface area (Å²) >= 11 is 2.61. The van der Waals surface area contributed by atoms with Crippen LogP contribution in [0.1, 0.15) is 12.5 Å². The standard InChI is InChI=1S/C8H9BrO2S/c1-2-7-3-5-8(6-4-7)12(9,10)11/h3-6H,2H2,1H3. The molecule has 1 rings (SSSR count). The number of hydrogen-bond donors (Lipinski definition) is 0. The molecule has 0 aliphatic carbocycles. The van der Waals surface area contributed by atoms with E-state index in [2.05, 4.69) is 14.8 Å². The minimum absolute atomic E-state index is 0.305.